The average Bonchev–Trinajstić information content (AvgIpc) is 2.27. The molecule has 0 saturated carbocycles. The number of amides is 1. The van der Waals surface area contributed by atoms with E-state index in [4.69, 9.17) is 16.3 Å². The Kier molecular flexibility index (Phi) is 6.81. The maximum atomic E-state index is 11.5. The first-order valence-electron chi connectivity index (χ1n) is 6.21. The van der Waals surface area contributed by atoms with Crippen LogP contribution in [0.3, 0.4) is 0 Å². The Hall–Kier alpha value is -0.280. The lowest BCUT2D eigenvalue weighted by Crippen LogP contribution is -2.27. The van der Waals surface area contributed by atoms with Gasteiger partial charge in [0.1, 0.15) is 0 Å². The molecule has 4 heteroatoms. The van der Waals surface area contributed by atoms with Gasteiger partial charge in [0, 0.05) is 24.9 Å². The fourth-order valence-corrected chi connectivity index (χ4v) is 1.94. The summed E-state index contributed by atoms with van der Waals surface area (Å²) in [5.74, 6) is 0.117. The molecule has 1 N–H and O–H groups in total. The highest BCUT2D eigenvalue weighted by atomic mass is 35.5. The molecule has 16 heavy (non-hydrogen) atoms. The minimum absolute atomic E-state index is 0.117. The van der Waals surface area contributed by atoms with E-state index >= 15 is 0 Å². The standard InChI is InChI=1S/C12H22ClNO2/c1-10(13)7-8-14-12(15)6-5-11-4-2-3-9-16-11/h10-11H,2-9H2,1H3,(H,14,15). The second-order valence-electron chi connectivity index (χ2n) is 4.45. The first-order valence-corrected chi connectivity index (χ1v) is 6.64. The summed E-state index contributed by atoms with van der Waals surface area (Å²) < 4.78 is 5.57. The summed E-state index contributed by atoms with van der Waals surface area (Å²) >= 11 is 5.79. The van der Waals surface area contributed by atoms with Crippen molar-refractivity contribution in [2.24, 2.45) is 0 Å². The molecule has 0 radical (unpaired) electrons. The summed E-state index contributed by atoms with van der Waals surface area (Å²) in [7, 11) is 0. The second kappa shape index (κ2) is 7.91. The van der Waals surface area contributed by atoms with Gasteiger partial charge in [-0.15, -0.1) is 11.6 Å². The van der Waals surface area contributed by atoms with E-state index in [9.17, 15) is 4.79 Å². The number of alkyl halides is 1. The first-order chi connectivity index (χ1) is 7.68. The van der Waals surface area contributed by atoms with Crippen molar-refractivity contribution in [3.63, 3.8) is 0 Å². The van der Waals surface area contributed by atoms with E-state index < -0.39 is 0 Å². The Labute approximate surface area is 103 Å². The molecule has 1 heterocycles. The topological polar surface area (TPSA) is 38.3 Å². The highest BCUT2D eigenvalue weighted by Gasteiger charge is 2.14. The van der Waals surface area contributed by atoms with Crippen LogP contribution in [-0.4, -0.2) is 30.5 Å². The molecule has 1 saturated heterocycles. The summed E-state index contributed by atoms with van der Waals surface area (Å²) in [5, 5.41) is 3.00. The van der Waals surface area contributed by atoms with Gasteiger partial charge in [-0.2, -0.15) is 0 Å². The number of carbonyl (C=O) groups excluding carboxylic acids is 1. The number of ether oxygens (including phenoxy) is 1. The lowest BCUT2D eigenvalue weighted by atomic mass is 10.0. The molecule has 2 unspecified atom stereocenters. The summed E-state index contributed by atoms with van der Waals surface area (Å²) in [4.78, 5) is 11.5. The third kappa shape index (κ3) is 6.33. The molecule has 1 aliphatic heterocycles. The molecule has 1 rings (SSSR count). The zero-order valence-corrected chi connectivity index (χ0v) is 10.8. The van der Waals surface area contributed by atoms with Crippen LogP contribution in [0.4, 0.5) is 0 Å². The minimum Gasteiger partial charge on any atom is -0.378 e. The minimum atomic E-state index is 0.117. The predicted molar refractivity (Wildman–Crippen MR) is 65.8 cm³/mol. The van der Waals surface area contributed by atoms with Gasteiger partial charge in [0.05, 0.1) is 6.10 Å². The van der Waals surface area contributed by atoms with Gasteiger partial charge in [-0.25, -0.2) is 0 Å². The van der Waals surface area contributed by atoms with Gasteiger partial charge in [0.25, 0.3) is 0 Å². The molecule has 1 fully saturated rings. The van der Waals surface area contributed by atoms with E-state index in [-0.39, 0.29) is 11.3 Å². The Morgan fingerprint density at radius 3 is 3.00 bits per heavy atom. The van der Waals surface area contributed by atoms with E-state index in [0.29, 0.717) is 19.1 Å². The summed E-state index contributed by atoms with van der Waals surface area (Å²) in [6.45, 7) is 3.47. The Bertz CT molecular complexity index is 203. The number of carbonyl (C=O) groups is 1. The number of hydrogen-bond acceptors (Lipinski definition) is 2. The number of rotatable bonds is 6. The van der Waals surface area contributed by atoms with Crippen molar-refractivity contribution in [3.05, 3.63) is 0 Å². The Morgan fingerprint density at radius 2 is 2.38 bits per heavy atom. The second-order valence-corrected chi connectivity index (χ2v) is 5.19. The zero-order valence-electron chi connectivity index (χ0n) is 10.0. The number of hydrogen-bond donors (Lipinski definition) is 1. The van der Waals surface area contributed by atoms with Gasteiger partial charge in [-0.3, -0.25) is 4.79 Å². The van der Waals surface area contributed by atoms with Crippen LogP contribution in [0.25, 0.3) is 0 Å². The normalized spacial score (nSPS) is 22.8. The van der Waals surface area contributed by atoms with E-state index in [1.165, 1.54) is 6.42 Å². The zero-order chi connectivity index (χ0) is 11.8. The van der Waals surface area contributed by atoms with Gasteiger partial charge < -0.3 is 10.1 Å². The number of nitrogens with one attached hydrogen (secondary N) is 1. The molecule has 0 aromatic carbocycles. The van der Waals surface area contributed by atoms with Crippen LogP contribution in [0.1, 0.15) is 45.4 Å². The number of halogens is 1. The summed E-state index contributed by atoms with van der Waals surface area (Å²) in [6, 6.07) is 0. The van der Waals surface area contributed by atoms with Crippen LogP contribution < -0.4 is 5.32 Å². The largest absolute Gasteiger partial charge is 0.378 e. The highest BCUT2D eigenvalue weighted by molar-refractivity contribution is 6.20. The maximum absolute atomic E-state index is 11.5. The lowest BCUT2D eigenvalue weighted by Gasteiger charge is -2.22. The van der Waals surface area contributed by atoms with Gasteiger partial charge in [0.2, 0.25) is 5.91 Å². The van der Waals surface area contributed by atoms with Crippen molar-refractivity contribution in [1.82, 2.24) is 5.32 Å². The fraction of sp³-hybridized carbons (Fsp3) is 0.917. The molecule has 3 nitrogen and oxygen atoms in total. The molecule has 1 amide bonds. The van der Waals surface area contributed by atoms with E-state index in [1.807, 2.05) is 6.92 Å². The van der Waals surface area contributed by atoms with Crippen molar-refractivity contribution >= 4 is 17.5 Å². The monoisotopic (exact) mass is 247 g/mol. The van der Waals surface area contributed by atoms with Crippen LogP contribution in [0.15, 0.2) is 0 Å². The molecule has 0 spiro atoms. The molecule has 2 atom stereocenters. The molecule has 0 aliphatic carbocycles. The lowest BCUT2D eigenvalue weighted by molar-refractivity contribution is -0.122. The van der Waals surface area contributed by atoms with Crippen LogP contribution in [-0.2, 0) is 9.53 Å². The maximum Gasteiger partial charge on any atom is 0.220 e. The third-order valence-corrected chi connectivity index (χ3v) is 3.05. The van der Waals surface area contributed by atoms with Gasteiger partial charge >= 0.3 is 0 Å². The van der Waals surface area contributed by atoms with Gasteiger partial charge in [-0.05, 0) is 39.0 Å². The SMILES string of the molecule is CC(Cl)CCNC(=O)CCC1CCCCO1. The van der Waals surface area contributed by atoms with Crippen molar-refractivity contribution in [1.29, 1.82) is 0 Å². The van der Waals surface area contributed by atoms with Crippen LogP contribution in [0, 0.1) is 0 Å². The summed E-state index contributed by atoms with van der Waals surface area (Å²) in [6.07, 6.45) is 6.04. The van der Waals surface area contributed by atoms with Crippen LogP contribution in [0.2, 0.25) is 0 Å². The van der Waals surface area contributed by atoms with Crippen molar-refractivity contribution in [3.8, 4) is 0 Å². The van der Waals surface area contributed by atoms with Gasteiger partial charge in [-0.1, -0.05) is 0 Å². The van der Waals surface area contributed by atoms with Crippen LogP contribution in [0.5, 0.6) is 0 Å². The summed E-state index contributed by atoms with van der Waals surface area (Å²) in [5.41, 5.74) is 0. The predicted octanol–water partition coefficient (Wildman–Crippen LogP) is 2.47. The molecule has 1 aliphatic rings. The fourth-order valence-electron chi connectivity index (χ4n) is 1.83. The molecule has 0 aromatic heterocycles. The van der Waals surface area contributed by atoms with Crippen LogP contribution >= 0.6 is 11.6 Å². The molecule has 0 aromatic rings. The molecular weight excluding hydrogens is 226 g/mol. The third-order valence-electron chi connectivity index (χ3n) is 2.83. The van der Waals surface area contributed by atoms with E-state index in [1.54, 1.807) is 0 Å². The first kappa shape index (κ1) is 13.8. The quantitative estimate of drug-likeness (QED) is 0.733. The van der Waals surface area contributed by atoms with Crippen molar-refractivity contribution in [2.75, 3.05) is 13.2 Å². The smallest absolute Gasteiger partial charge is 0.220 e. The molecular formula is C12H22ClNO2. The highest BCUT2D eigenvalue weighted by Crippen LogP contribution is 2.16. The van der Waals surface area contributed by atoms with Crippen molar-refractivity contribution in [2.45, 2.75) is 56.9 Å². The van der Waals surface area contributed by atoms with Gasteiger partial charge in [0.15, 0.2) is 0 Å². The van der Waals surface area contributed by atoms with E-state index in [2.05, 4.69) is 5.32 Å². The van der Waals surface area contributed by atoms with E-state index in [0.717, 1.165) is 32.3 Å². The average molecular weight is 248 g/mol. The Balaban J connectivity index is 2.00. The van der Waals surface area contributed by atoms with Crippen molar-refractivity contribution < 1.29 is 9.53 Å². The Morgan fingerprint density at radius 1 is 1.56 bits per heavy atom. The molecule has 94 valence electrons. The molecule has 0 bridgehead atoms.